The fraction of sp³-hybridized carbons (Fsp3) is 0.500. The zero-order chi connectivity index (χ0) is 21.4. The first-order chi connectivity index (χ1) is 12.8. The second-order valence-corrected chi connectivity index (χ2v) is 3.76. The van der Waals surface area contributed by atoms with Crippen LogP contribution in [0.15, 0.2) is 48.5 Å². The highest BCUT2D eigenvalue weighted by Gasteiger charge is 2.02. The largest absolute Gasteiger partial charge is 0.333 e. The van der Waals surface area contributed by atoms with Gasteiger partial charge in [0.1, 0.15) is 5.78 Å². The fourth-order valence-corrected chi connectivity index (χ4v) is 1.60. The molecule has 0 saturated carbocycles. The number of carbonyl (C=O) groups excluding carboxylic acids is 1. The molecule has 2 rings (SSSR count). The molecule has 1 aromatic carbocycles. The first-order valence-electron chi connectivity index (χ1n) is 9.84. The summed E-state index contributed by atoms with van der Waals surface area (Å²) in [4.78, 5) is 15.5. The summed E-state index contributed by atoms with van der Waals surface area (Å²) in [6.07, 6.45) is 0.403. The van der Waals surface area contributed by atoms with Crippen LogP contribution in [0.1, 0.15) is 75.4 Å². The van der Waals surface area contributed by atoms with Crippen molar-refractivity contribution in [2.75, 3.05) is 7.05 Å². The third kappa shape index (κ3) is 20.2. The van der Waals surface area contributed by atoms with Gasteiger partial charge in [-0.1, -0.05) is 99.2 Å². The summed E-state index contributed by atoms with van der Waals surface area (Å²) in [6, 6.07) is 15.7. The van der Waals surface area contributed by atoms with E-state index in [2.05, 4.69) is 10.7 Å². The molecule has 0 aliphatic carbocycles. The Morgan fingerprint density at radius 1 is 0.778 bits per heavy atom. The van der Waals surface area contributed by atoms with Gasteiger partial charge in [-0.15, -0.1) is 0 Å². The normalized spacial score (nSPS) is 7.07. The SMILES string of the molecule is C.CC.CC.CC.CC.CC(=O)Cc1cccc(-c2ccccc2)n1.CN. The highest BCUT2D eigenvalue weighted by atomic mass is 16.1. The van der Waals surface area contributed by atoms with Crippen molar-refractivity contribution in [1.29, 1.82) is 0 Å². The standard InChI is InChI=1S/C14H13NO.4C2H6.CH5N.CH4/c1-11(16)10-13-8-5-9-14(15-13)12-6-3-2-4-7-12;5*1-2;/h2-9H,10H2,1H3;4*1-2H3;2H2,1H3;1H4. The molecule has 27 heavy (non-hydrogen) atoms. The van der Waals surface area contributed by atoms with E-state index in [0.29, 0.717) is 6.42 Å². The van der Waals surface area contributed by atoms with E-state index >= 15 is 0 Å². The maximum atomic E-state index is 11.0. The van der Waals surface area contributed by atoms with Crippen LogP contribution in [0, 0.1) is 0 Å². The summed E-state index contributed by atoms with van der Waals surface area (Å²) >= 11 is 0. The van der Waals surface area contributed by atoms with Crippen molar-refractivity contribution >= 4 is 5.78 Å². The third-order valence-corrected chi connectivity index (χ3v) is 2.31. The molecule has 0 aliphatic rings. The lowest BCUT2D eigenvalue weighted by atomic mass is 10.1. The monoisotopic (exact) mass is 378 g/mol. The number of nitrogens with two attached hydrogens (primary N) is 1. The van der Waals surface area contributed by atoms with Gasteiger partial charge in [-0.05, 0) is 26.1 Å². The number of benzene rings is 1. The molecule has 0 atom stereocenters. The molecule has 0 fully saturated rings. The van der Waals surface area contributed by atoms with E-state index in [4.69, 9.17) is 0 Å². The summed E-state index contributed by atoms with van der Waals surface area (Å²) in [5.74, 6) is 0.137. The molecule has 0 spiro atoms. The minimum absolute atomic E-state index is 0. The van der Waals surface area contributed by atoms with E-state index in [1.165, 1.54) is 7.05 Å². The Morgan fingerprint density at radius 2 is 1.22 bits per heavy atom. The van der Waals surface area contributed by atoms with Crippen LogP contribution < -0.4 is 5.73 Å². The first-order valence-corrected chi connectivity index (χ1v) is 9.84. The fourth-order valence-electron chi connectivity index (χ4n) is 1.60. The van der Waals surface area contributed by atoms with Gasteiger partial charge in [0, 0.05) is 17.7 Å². The molecule has 0 aliphatic heterocycles. The number of hydrogen-bond acceptors (Lipinski definition) is 3. The van der Waals surface area contributed by atoms with Crippen molar-refractivity contribution in [2.45, 2.75) is 76.2 Å². The van der Waals surface area contributed by atoms with Crippen molar-refractivity contribution in [3.63, 3.8) is 0 Å². The van der Waals surface area contributed by atoms with Gasteiger partial charge < -0.3 is 5.73 Å². The van der Waals surface area contributed by atoms with E-state index in [1.54, 1.807) is 6.92 Å². The van der Waals surface area contributed by atoms with Crippen LogP contribution in [0.5, 0.6) is 0 Å². The van der Waals surface area contributed by atoms with E-state index in [1.807, 2.05) is 104 Å². The number of rotatable bonds is 3. The van der Waals surface area contributed by atoms with Gasteiger partial charge >= 0.3 is 0 Å². The number of hydrogen-bond donors (Lipinski definition) is 1. The smallest absolute Gasteiger partial charge is 0.135 e. The van der Waals surface area contributed by atoms with Crippen molar-refractivity contribution in [1.82, 2.24) is 4.98 Å². The molecular formula is C24H46N2O. The Labute approximate surface area is 170 Å². The molecule has 3 nitrogen and oxygen atoms in total. The summed E-state index contributed by atoms with van der Waals surface area (Å²) < 4.78 is 0. The van der Waals surface area contributed by atoms with Crippen LogP contribution in [0.2, 0.25) is 0 Å². The number of ketones is 1. The van der Waals surface area contributed by atoms with Crippen molar-refractivity contribution in [3.05, 3.63) is 54.2 Å². The van der Waals surface area contributed by atoms with Crippen LogP contribution >= 0.6 is 0 Å². The van der Waals surface area contributed by atoms with Crippen LogP contribution in [0.4, 0.5) is 0 Å². The summed E-state index contributed by atoms with van der Waals surface area (Å²) in [6.45, 7) is 17.6. The number of Topliss-reactive ketones (excluding diaryl/α,β-unsaturated/α-hetero) is 1. The zero-order valence-corrected chi connectivity index (χ0v) is 18.8. The molecule has 1 aromatic heterocycles. The van der Waals surface area contributed by atoms with E-state index in [-0.39, 0.29) is 13.2 Å². The van der Waals surface area contributed by atoms with Crippen molar-refractivity contribution in [2.24, 2.45) is 5.73 Å². The van der Waals surface area contributed by atoms with Crippen molar-refractivity contribution < 1.29 is 4.79 Å². The van der Waals surface area contributed by atoms with E-state index in [0.717, 1.165) is 17.0 Å². The average Bonchev–Trinajstić information content (AvgIpc) is 2.76. The predicted octanol–water partition coefficient (Wildman–Crippen LogP) is 7.20. The van der Waals surface area contributed by atoms with Crippen LogP contribution in [0.25, 0.3) is 11.3 Å². The summed E-state index contributed by atoms with van der Waals surface area (Å²) in [7, 11) is 1.50. The van der Waals surface area contributed by atoms with Crippen molar-refractivity contribution in [3.8, 4) is 11.3 Å². The molecule has 3 heteroatoms. The minimum atomic E-state index is 0. The number of carbonyl (C=O) groups is 1. The Hall–Kier alpha value is -2.00. The second kappa shape index (κ2) is 31.7. The molecule has 2 N–H and O–H groups in total. The van der Waals surface area contributed by atoms with Crippen LogP contribution in [-0.4, -0.2) is 17.8 Å². The van der Waals surface area contributed by atoms with Gasteiger partial charge in [-0.2, -0.15) is 0 Å². The third-order valence-electron chi connectivity index (χ3n) is 2.31. The maximum absolute atomic E-state index is 11.0. The van der Waals surface area contributed by atoms with E-state index < -0.39 is 0 Å². The molecule has 0 bridgehead atoms. The van der Waals surface area contributed by atoms with Crippen LogP contribution in [-0.2, 0) is 11.2 Å². The highest BCUT2D eigenvalue weighted by Crippen LogP contribution is 2.16. The highest BCUT2D eigenvalue weighted by molar-refractivity contribution is 5.77. The van der Waals surface area contributed by atoms with Gasteiger partial charge in [-0.25, -0.2) is 0 Å². The van der Waals surface area contributed by atoms with Gasteiger partial charge in [-0.3, -0.25) is 9.78 Å². The van der Waals surface area contributed by atoms with E-state index in [9.17, 15) is 4.79 Å². The van der Waals surface area contributed by atoms with Gasteiger partial charge in [0.2, 0.25) is 0 Å². The van der Waals surface area contributed by atoms with Gasteiger partial charge in [0.05, 0.1) is 5.69 Å². The Bertz CT molecular complexity index is 497. The molecule has 1 heterocycles. The molecule has 158 valence electrons. The molecule has 0 saturated heterocycles. The topological polar surface area (TPSA) is 56.0 Å². The molecule has 0 radical (unpaired) electrons. The lowest BCUT2D eigenvalue weighted by molar-refractivity contribution is -0.116. The number of nitrogens with zero attached hydrogens (tertiary/aromatic N) is 1. The maximum Gasteiger partial charge on any atom is 0.135 e. The molecule has 0 amide bonds. The Morgan fingerprint density at radius 3 is 1.63 bits per heavy atom. The molecule has 0 unspecified atom stereocenters. The predicted molar refractivity (Wildman–Crippen MR) is 126 cm³/mol. The second-order valence-electron chi connectivity index (χ2n) is 3.76. The summed E-state index contributed by atoms with van der Waals surface area (Å²) in [5, 5.41) is 0. The lowest BCUT2D eigenvalue weighted by Crippen LogP contribution is -1.99. The number of aromatic nitrogens is 1. The average molecular weight is 379 g/mol. The number of pyridine rings is 1. The lowest BCUT2D eigenvalue weighted by Gasteiger charge is -2.03. The Kier molecular flexibility index (Phi) is 42.3. The van der Waals surface area contributed by atoms with Gasteiger partial charge in [0.15, 0.2) is 0 Å². The molecule has 2 aromatic rings. The van der Waals surface area contributed by atoms with Crippen LogP contribution in [0.3, 0.4) is 0 Å². The van der Waals surface area contributed by atoms with Gasteiger partial charge in [0.25, 0.3) is 0 Å². The zero-order valence-electron chi connectivity index (χ0n) is 18.8. The quantitative estimate of drug-likeness (QED) is 0.614. The minimum Gasteiger partial charge on any atom is -0.333 e. The Balaban J connectivity index is -0.000000128. The molecular weight excluding hydrogens is 332 g/mol. The summed E-state index contributed by atoms with van der Waals surface area (Å²) in [5.41, 5.74) is 7.32. The first kappa shape index (κ1) is 36.0.